The summed E-state index contributed by atoms with van der Waals surface area (Å²) in [7, 11) is 0. The summed E-state index contributed by atoms with van der Waals surface area (Å²) in [5, 5.41) is 6.18. The van der Waals surface area contributed by atoms with Crippen LogP contribution in [0.3, 0.4) is 0 Å². The monoisotopic (exact) mass is 418 g/mol. The minimum atomic E-state index is -0.386. The van der Waals surface area contributed by atoms with Gasteiger partial charge in [-0.3, -0.25) is 19.4 Å². The van der Waals surface area contributed by atoms with Gasteiger partial charge in [0.15, 0.2) is 0 Å². The molecule has 0 bridgehead atoms. The second-order valence-corrected chi connectivity index (χ2v) is 7.55. The van der Waals surface area contributed by atoms with Crippen molar-refractivity contribution in [2.24, 2.45) is 0 Å². The number of rotatable bonds is 6. The number of hydrogen-bond acceptors (Lipinski definition) is 4. The minimum absolute atomic E-state index is 0.0901. The topological polar surface area (TPSA) is 64.7 Å². The number of aryl methyl sites for hydroxylation is 1. The van der Waals surface area contributed by atoms with Crippen LogP contribution < -0.4 is 10.6 Å². The predicted molar refractivity (Wildman–Crippen MR) is 113 cm³/mol. The van der Waals surface area contributed by atoms with Crippen molar-refractivity contribution >= 4 is 34.8 Å². The number of hydrogen-bond donors (Lipinski definition) is 2. The van der Waals surface area contributed by atoms with Gasteiger partial charge in [0.1, 0.15) is 5.82 Å². The molecule has 2 aromatic carbocycles. The van der Waals surface area contributed by atoms with Crippen molar-refractivity contribution in [1.82, 2.24) is 9.80 Å². The van der Waals surface area contributed by atoms with Gasteiger partial charge in [0, 0.05) is 42.6 Å². The molecule has 0 saturated carbocycles. The van der Waals surface area contributed by atoms with E-state index in [0.717, 1.165) is 11.3 Å². The van der Waals surface area contributed by atoms with E-state index < -0.39 is 0 Å². The van der Waals surface area contributed by atoms with E-state index in [-0.39, 0.29) is 30.7 Å². The molecule has 8 heteroatoms. The van der Waals surface area contributed by atoms with Crippen LogP contribution in [0.15, 0.2) is 42.5 Å². The lowest BCUT2D eigenvalue weighted by molar-refractivity contribution is -0.120. The largest absolute Gasteiger partial charge is 0.325 e. The summed E-state index contributed by atoms with van der Waals surface area (Å²) in [5.41, 5.74) is 2.12. The molecule has 2 amide bonds. The number of carbonyl (C=O) groups is 2. The molecule has 1 heterocycles. The maximum absolute atomic E-state index is 13.2. The van der Waals surface area contributed by atoms with Crippen LogP contribution in [0.5, 0.6) is 0 Å². The number of amides is 2. The molecular formula is C21H24ClFN4O2. The quantitative estimate of drug-likeness (QED) is 0.757. The number of anilines is 2. The second-order valence-electron chi connectivity index (χ2n) is 7.12. The van der Waals surface area contributed by atoms with Crippen LogP contribution in [0.25, 0.3) is 0 Å². The van der Waals surface area contributed by atoms with Gasteiger partial charge >= 0.3 is 0 Å². The van der Waals surface area contributed by atoms with E-state index >= 15 is 0 Å². The maximum Gasteiger partial charge on any atom is 0.238 e. The SMILES string of the molecule is Cc1ccc(Cl)cc1NC(=O)CN1CCN(CC(=O)Nc2cccc(F)c2)CC1. The number of piperazine rings is 1. The van der Waals surface area contributed by atoms with Crippen molar-refractivity contribution in [2.45, 2.75) is 6.92 Å². The van der Waals surface area contributed by atoms with Crippen LogP contribution in [-0.4, -0.2) is 60.9 Å². The van der Waals surface area contributed by atoms with E-state index in [2.05, 4.69) is 15.5 Å². The molecule has 1 aliphatic heterocycles. The van der Waals surface area contributed by atoms with Crippen molar-refractivity contribution in [3.8, 4) is 0 Å². The van der Waals surface area contributed by atoms with Crippen LogP contribution in [0.1, 0.15) is 5.56 Å². The Labute approximate surface area is 174 Å². The maximum atomic E-state index is 13.2. The van der Waals surface area contributed by atoms with E-state index in [1.807, 2.05) is 17.9 Å². The molecule has 1 aliphatic rings. The highest BCUT2D eigenvalue weighted by Crippen LogP contribution is 2.20. The number of carbonyl (C=O) groups excluding carboxylic acids is 2. The molecule has 0 atom stereocenters. The summed E-state index contributed by atoms with van der Waals surface area (Å²) in [6.07, 6.45) is 0. The molecule has 2 aromatic rings. The first kappa shape index (κ1) is 21.2. The third-order valence-electron chi connectivity index (χ3n) is 4.78. The molecule has 0 aromatic heterocycles. The van der Waals surface area contributed by atoms with Gasteiger partial charge in [0.25, 0.3) is 0 Å². The third-order valence-corrected chi connectivity index (χ3v) is 5.02. The van der Waals surface area contributed by atoms with Gasteiger partial charge in [-0.05, 0) is 42.8 Å². The van der Waals surface area contributed by atoms with Gasteiger partial charge in [-0.15, -0.1) is 0 Å². The zero-order valence-corrected chi connectivity index (χ0v) is 17.0. The Balaban J connectivity index is 1.41. The number of benzene rings is 2. The van der Waals surface area contributed by atoms with Crippen molar-refractivity contribution in [3.63, 3.8) is 0 Å². The zero-order valence-electron chi connectivity index (χ0n) is 16.3. The van der Waals surface area contributed by atoms with Crippen molar-refractivity contribution in [1.29, 1.82) is 0 Å². The first-order valence-corrected chi connectivity index (χ1v) is 9.83. The van der Waals surface area contributed by atoms with E-state index in [9.17, 15) is 14.0 Å². The minimum Gasteiger partial charge on any atom is -0.325 e. The number of halogens is 2. The van der Waals surface area contributed by atoms with Gasteiger partial charge in [-0.1, -0.05) is 23.7 Å². The Bertz CT molecular complexity index is 885. The fraction of sp³-hybridized carbons (Fsp3) is 0.333. The Kier molecular flexibility index (Phi) is 7.19. The fourth-order valence-corrected chi connectivity index (χ4v) is 3.37. The predicted octanol–water partition coefficient (Wildman–Crippen LogP) is 2.98. The lowest BCUT2D eigenvalue weighted by atomic mass is 10.2. The highest BCUT2D eigenvalue weighted by molar-refractivity contribution is 6.31. The molecule has 154 valence electrons. The van der Waals surface area contributed by atoms with Crippen LogP contribution in [0.2, 0.25) is 5.02 Å². The lowest BCUT2D eigenvalue weighted by Crippen LogP contribution is -2.50. The van der Waals surface area contributed by atoms with Gasteiger partial charge in [0.05, 0.1) is 13.1 Å². The van der Waals surface area contributed by atoms with Crippen LogP contribution in [-0.2, 0) is 9.59 Å². The van der Waals surface area contributed by atoms with Crippen molar-refractivity contribution < 1.29 is 14.0 Å². The summed E-state index contributed by atoms with van der Waals surface area (Å²) in [6.45, 7) is 5.18. The van der Waals surface area contributed by atoms with Crippen LogP contribution in [0, 0.1) is 12.7 Å². The fourth-order valence-electron chi connectivity index (χ4n) is 3.20. The second kappa shape index (κ2) is 9.82. The summed E-state index contributed by atoms with van der Waals surface area (Å²) in [5.74, 6) is -0.659. The van der Waals surface area contributed by atoms with E-state index in [4.69, 9.17) is 11.6 Å². The molecule has 0 unspecified atom stereocenters. The van der Waals surface area contributed by atoms with Gasteiger partial charge in [-0.2, -0.15) is 0 Å². The Morgan fingerprint density at radius 1 is 0.966 bits per heavy atom. The molecule has 0 spiro atoms. The van der Waals surface area contributed by atoms with Crippen LogP contribution in [0.4, 0.5) is 15.8 Å². The Hall–Kier alpha value is -2.48. The van der Waals surface area contributed by atoms with Crippen LogP contribution >= 0.6 is 11.6 Å². The molecule has 29 heavy (non-hydrogen) atoms. The lowest BCUT2D eigenvalue weighted by Gasteiger charge is -2.33. The first-order valence-electron chi connectivity index (χ1n) is 9.45. The third kappa shape index (κ3) is 6.52. The smallest absolute Gasteiger partial charge is 0.238 e. The van der Waals surface area contributed by atoms with Gasteiger partial charge in [-0.25, -0.2) is 4.39 Å². The first-order chi connectivity index (χ1) is 13.9. The van der Waals surface area contributed by atoms with Crippen molar-refractivity contribution in [2.75, 3.05) is 49.9 Å². The summed E-state index contributed by atoms with van der Waals surface area (Å²) in [4.78, 5) is 28.5. The number of nitrogens with zero attached hydrogens (tertiary/aromatic N) is 2. The van der Waals surface area contributed by atoms with Gasteiger partial charge < -0.3 is 10.6 Å². The summed E-state index contributed by atoms with van der Waals surface area (Å²) < 4.78 is 13.2. The Morgan fingerprint density at radius 3 is 2.21 bits per heavy atom. The number of nitrogens with one attached hydrogen (secondary N) is 2. The standard InChI is InChI=1S/C21H24ClFN4O2/c1-15-5-6-16(22)11-19(15)25-21(29)14-27-9-7-26(8-10-27)13-20(28)24-18-4-2-3-17(23)12-18/h2-6,11-12H,7-10,13-14H2,1H3,(H,24,28)(H,25,29). The molecule has 0 aliphatic carbocycles. The highest BCUT2D eigenvalue weighted by atomic mass is 35.5. The van der Waals surface area contributed by atoms with Crippen molar-refractivity contribution in [3.05, 3.63) is 58.9 Å². The molecule has 3 rings (SSSR count). The molecule has 1 fully saturated rings. The van der Waals surface area contributed by atoms with Gasteiger partial charge in [0.2, 0.25) is 11.8 Å². The summed E-state index contributed by atoms with van der Waals surface area (Å²) >= 11 is 5.99. The Morgan fingerprint density at radius 2 is 1.59 bits per heavy atom. The van der Waals surface area contributed by atoms with E-state index in [1.54, 1.807) is 24.3 Å². The average Bonchev–Trinajstić information content (AvgIpc) is 2.66. The molecule has 0 radical (unpaired) electrons. The van der Waals surface area contributed by atoms with E-state index in [1.165, 1.54) is 12.1 Å². The average molecular weight is 419 g/mol. The molecular weight excluding hydrogens is 395 g/mol. The van der Waals surface area contributed by atoms with E-state index in [0.29, 0.717) is 36.9 Å². The molecule has 6 nitrogen and oxygen atoms in total. The highest BCUT2D eigenvalue weighted by Gasteiger charge is 2.21. The normalized spacial score (nSPS) is 15.1. The molecule has 1 saturated heterocycles. The summed E-state index contributed by atoms with van der Waals surface area (Å²) in [6, 6.07) is 11.2. The molecule has 2 N–H and O–H groups in total. The zero-order chi connectivity index (χ0) is 20.8.